The Morgan fingerprint density at radius 1 is 0.795 bits per heavy atom. The second-order valence-electron chi connectivity index (χ2n) is 12.2. The van der Waals surface area contributed by atoms with Crippen LogP contribution in [0, 0.1) is 6.92 Å². The van der Waals surface area contributed by atoms with Crippen LogP contribution in [0.3, 0.4) is 0 Å². The van der Waals surface area contributed by atoms with Crippen LogP contribution >= 0.6 is 0 Å². The number of aryl methyl sites for hydroxylation is 1. The van der Waals surface area contributed by atoms with Gasteiger partial charge in [-0.2, -0.15) is 0 Å². The fourth-order valence-electron chi connectivity index (χ4n) is 6.42. The van der Waals surface area contributed by atoms with Gasteiger partial charge in [0.25, 0.3) is 0 Å². The minimum absolute atomic E-state index is 0. The molecule has 226 valence electrons. The summed E-state index contributed by atoms with van der Waals surface area (Å²) < 4.78 is 6.19. The van der Waals surface area contributed by atoms with Crippen LogP contribution in [0.5, 0.6) is 5.75 Å². The number of fused-ring (bicyclic) bond motifs is 2. The van der Waals surface area contributed by atoms with E-state index in [0.717, 1.165) is 15.3 Å². The third-order valence-corrected chi connectivity index (χ3v) is 8.10. The molecule has 0 aromatic heterocycles. The van der Waals surface area contributed by atoms with E-state index < -0.39 is 0 Å². The minimum Gasteiger partial charge on any atom is -1.00 e. The van der Waals surface area contributed by atoms with E-state index in [1.54, 1.807) is 0 Å². The maximum atomic E-state index is 6.19. The van der Waals surface area contributed by atoms with Gasteiger partial charge in [-0.1, -0.05) is 131 Å². The zero-order valence-electron chi connectivity index (χ0n) is 27.1. The number of halogens is 2. The SMILES string of the molecule is COc1c(C(C)(C)C)cc2c(c1-c1ccccc1)C=C(C)C2c1c(C)[cH-]c2cccc(-c3ccccc3)c12.C[SiH]C.[Cl-].[Cl-].[Zr+3]. The van der Waals surface area contributed by atoms with Gasteiger partial charge in [-0.15, -0.1) is 40.1 Å². The molecule has 0 aliphatic heterocycles. The molecule has 1 aliphatic carbocycles. The smallest absolute Gasteiger partial charge is 1.00 e. The molecule has 1 atom stereocenters. The van der Waals surface area contributed by atoms with Crippen LogP contribution in [-0.4, -0.2) is 16.6 Å². The maximum absolute atomic E-state index is 6.19. The molecule has 0 heterocycles. The van der Waals surface area contributed by atoms with Crippen molar-refractivity contribution in [2.75, 3.05) is 7.11 Å². The van der Waals surface area contributed by atoms with E-state index in [1.807, 2.05) is 7.11 Å². The third-order valence-electron chi connectivity index (χ3n) is 8.10. The zero-order chi connectivity index (χ0) is 29.3. The van der Waals surface area contributed by atoms with Crippen molar-refractivity contribution < 1.29 is 55.8 Å². The van der Waals surface area contributed by atoms with Crippen LogP contribution < -0.4 is 29.6 Å². The fraction of sp³-hybridized carbons (Fsp3) is 0.256. The molecule has 5 heteroatoms. The summed E-state index contributed by atoms with van der Waals surface area (Å²) in [5.41, 5.74) is 13.0. The van der Waals surface area contributed by atoms with Crippen molar-refractivity contribution in [3.05, 3.63) is 124 Å². The summed E-state index contributed by atoms with van der Waals surface area (Å²) in [6.07, 6.45) is 2.40. The Labute approximate surface area is 298 Å². The van der Waals surface area contributed by atoms with Gasteiger partial charge >= 0.3 is 26.2 Å². The summed E-state index contributed by atoms with van der Waals surface area (Å²) >= 11 is 0. The van der Waals surface area contributed by atoms with Gasteiger partial charge in [0.15, 0.2) is 0 Å². The molecule has 0 bridgehead atoms. The van der Waals surface area contributed by atoms with E-state index in [-0.39, 0.29) is 62.4 Å². The Bertz CT molecular complexity index is 1720. The zero-order valence-corrected chi connectivity index (χ0v) is 32.2. The van der Waals surface area contributed by atoms with Gasteiger partial charge < -0.3 is 29.6 Å². The Kier molecular flexibility index (Phi) is 13.6. The van der Waals surface area contributed by atoms with E-state index in [0.29, 0.717) is 0 Å². The molecule has 44 heavy (non-hydrogen) atoms. The molecule has 0 saturated carbocycles. The molecule has 0 spiro atoms. The molecule has 0 amide bonds. The average molecular weight is 717 g/mol. The number of methoxy groups -OCH3 is 1. The molecule has 2 radical (unpaired) electrons. The molecule has 6 rings (SSSR count). The monoisotopic (exact) mass is 714 g/mol. The van der Waals surface area contributed by atoms with Gasteiger partial charge in [0, 0.05) is 20.6 Å². The summed E-state index contributed by atoms with van der Waals surface area (Å²) in [6.45, 7) is 15.8. The van der Waals surface area contributed by atoms with Gasteiger partial charge in [-0.05, 0) is 40.5 Å². The van der Waals surface area contributed by atoms with E-state index >= 15 is 0 Å². The van der Waals surface area contributed by atoms with Crippen LogP contribution in [0.4, 0.5) is 0 Å². The van der Waals surface area contributed by atoms with Crippen LogP contribution in [0.1, 0.15) is 61.4 Å². The van der Waals surface area contributed by atoms with Gasteiger partial charge in [0.2, 0.25) is 0 Å². The van der Waals surface area contributed by atoms with Crippen LogP contribution in [0.15, 0.2) is 96.6 Å². The van der Waals surface area contributed by atoms with Crippen LogP contribution in [-0.2, 0) is 31.6 Å². The molecular formula is C39H42Cl2OSiZr. The number of benzene rings is 4. The molecule has 0 fully saturated rings. The summed E-state index contributed by atoms with van der Waals surface area (Å²) in [6, 6.07) is 33.1. The molecule has 0 saturated heterocycles. The summed E-state index contributed by atoms with van der Waals surface area (Å²) in [5.74, 6) is 1.18. The Morgan fingerprint density at radius 3 is 1.91 bits per heavy atom. The standard InChI is InChI=1S/C37H35O.C2H7Si.2ClH.Zr/c1-23-20-27-18-13-19-28(25-14-9-7-10-15-25)34(27)33(23)32-24(2)21-29-30(32)22-31(37(3,4)5)36(38-6)35(29)26-16-11-8-12-17-26;1-3-2;;;/h7-22,32H,1-6H3;3H,1-2H3;2*1H;/q-1;;;;+3/p-2. The first-order valence-corrected chi connectivity index (χ1v) is 17.0. The van der Waals surface area contributed by atoms with Crippen LogP contribution in [0.2, 0.25) is 13.1 Å². The Balaban J connectivity index is 0.00000108. The first-order chi connectivity index (χ1) is 19.7. The molecule has 1 unspecified atom stereocenters. The summed E-state index contributed by atoms with van der Waals surface area (Å²) in [4.78, 5) is 0. The van der Waals surface area contributed by atoms with Gasteiger partial charge in [0.05, 0.1) is 7.11 Å². The van der Waals surface area contributed by atoms with Gasteiger partial charge in [0.1, 0.15) is 5.75 Å². The van der Waals surface area contributed by atoms with E-state index in [1.165, 1.54) is 66.4 Å². The number of hydrogen-bond donors (Lipinski definition) is 0. The summed E-state index contributed by atoms with van der Waals surface area (Å²) in [7, 11) is 2.56. The number of ether oxygens (including phenoxy) is 1. The van der Waals surface area contributed by atoms with Crippen molar-refractivity contribution in [2.45, 2.75) is 59.0 Å². The van der Waals surface area contributed by atoms with E-state index in [9.17, 15) is 0 Å². The van der Waals surface area contributed by atoms with E-state index in [2.05, 4.69) is 145 Å². The van der Waals surface area contributed by atoms with Crippen molar-refractivity contribution in [3.63, 3.8) is 0 Å². The maximum Gasteiger partial charge on any atom is 3.00 e. The second kappa shape index (κ2) is 15.8. The molecule has 1 nitrogen and oxygen atoms in total. The first-order valence-electron chi connectivity index (χ1n) is 14.7. The summed E-state index contributed by atoms with van der Waals surface area (Å²) in [5, 5.41) is 2.68. The van der Waals surface area contributed by atoms with Crippen molar-refractivity contribution in [1.29, 1.82) is 0 Å². The van der Waals surface area contributed by atoms with Crippen molar-refractivity contribution >= 4 is 26.4 Å². The van der Waals surface area contributed by atoms with Crippen molar-refractivity contribution in [3.8, 4) is 28.0 Å². The van der Waals surface area contributed by atoms with Crippen molar-refractivity contribution in [2.24, 2.45) is 0 Å². The molecular weight excluding hydrogens is 675 g/mol. The predicted molar refractivity (Wildman–Crippen MR) is 181 cm³/mol. The predicted octanol–water partition coefficient (Wildman–Crippen LogP) is 4.58. The fourth-order valence-corrected chi connectivity index (χ4v) is 6.42. The average Bonchev–Trinajstić information content (AvgIpc) is 3.46. The van der Waals surface area contributed by atoms with Crippen molar-refractivity contribution in [1.82, 2.24) is 0 Å². The number of allylic oxidation sites excluding steroid dienone is 1. The van der Waals surface area contributed by atoms with E-state index in [4.69, 9.17) is 4.74 Å². The number of rotatable bonds is 4. The molecule has 0 N–H and O–H groups in total. The van der Waals surface area contributed by atoms with Gasteiger partial charge in [-0.3, -0.25) is 0 Å². The Hall–Kier alpha value is -2.29. The molecule has 5 aromatic rings. The first kappa shape index (κ1) is 37.9. The number of hydrogen-bond acceptors (Lipinski definition) is 1. The third kappa shape index (κ3) is 7.07. The van der Waals surface area contributed by atoms with Crippen LogP contribution in [0.25, 0.3) is 39.1 Å². The Morgan fingerprint density at radius 2 is 1.36 bits per heavy atom. The topological polar surface area (TPSA) is 9.23 Å². The largest absolute Gasteiger partial charge is 3.00 e. The van der Waals surface area contributed by atoms with Gasteiger partial charge in [-0.25, -0.2) is 0 Å². The quantitative estimate of drug-likeness (QED) is 0.196. The minimum atomic E-state index is -0.0662. The molecule has 1 aliphatic rings. The molecule has 5 aromatic carbocycles. The second-order valence-corrected chi connectivity index (χ2v) is 13.4. The normalized spacial score (nSPS) is 13.4.